The van der Waals surface area contributed by atoms with E-state index in [2.05, 4.69) is 5.16 Å². The number of carbonyl (C=O) groups excluding carboxylic acids is 1. The van der Waals surface area contributed by atoms with Crippen molar-refractivity contribution in [2.45, 2.75) is 13.1 Å². The fourth-order valence-electron chi connectivity index (χ4n) is 3.27. The molecule has 0 aliphatic carbocycles. The zero-order chi connectivity index (χ0) is 22.5. The maximum atomic E-state index is 13.3. The number of carbonyl (C=O) groups is 1. The van der Waals surface area contributed by atoms with E-state index in [9.17, 15) is 9.18 Å². The quantitative estimate of drug-likeness (QED) is 0.390. The van der Waals surface area contributed by atoms with Crippen molar-refractivity contribution in [2.75, 3.05) is 14.2 Å². The van der Waals surface area contributed by atoms with E-state index < -0.39 is 5.82 Å². The van der Waals surface area contributed by atoms with Crippen molar-refractivity contribution >= 4 is 5.91 Å². The van der Waals surface area contributed by atoms with E-state index >= 15 is 0 Å². The van der Waals surface area contributed by atoms with Crippen LogP contribution in [-0.4, -0.2) is 30.2 Å². The minimum absolute atomic E-state index is 0.174. The normalized spacial score (nSPS) is 10.7. The van der Waals surface area contributed by atoms with Crippen LogP contribution in [-0.2, 0) is 13.1 Å². The molecule has 1 amide bonds. The molecule has 0 aliphatic rings. The number of benzene rings is 2. The summed E-state index contributed by atoms with van der Waals surface area (Å²) in [5, 5.41) is 4.12. The van der Waals surface area contributed by atoms with Crippen LogP contribution in [0.15, 0.2) is 75.9 Å². The van der Waals surface area contributed by atoms with E-state index in [1.807, 2.05) is 6.07 Å². The van der Waals surface area contributed by atoms with E-state index in [4.69, 9.17) is 18.4 Å². The maximum Gasteiger partial charge on any atom is 0.254 e. The molecule has 4 aromatic rings. The molecule has 7 nitrogen and oxygen atoms in total. The molecule has 0 fully saturated rings. The van der Waals surface area contributed by atoms with Gasteiger partial charge >= 0.3 is 0 Å². The predicted octanol–water partition coefficient (Wildman–Crippen LogP) is 4.93. The van der Waals surface area contributed by atoms with Gasteiger partial charge in [-0.3, -0.25) is 4.79 Å². The van der Waals surface area contributed by atoms with E-state index in [-0.39, 0.29) is 19.0 Å². The SMILES string of the molecule is COc1ccc(-c2cc(CN(Cc3ccco3)C(=O)c3ccc(F)cc3)no2)cc1OC. The zero-order valence-corrected chi connectivity index (χ0v) is 17.6. The lowest BCUT2D eigenvalue weighted by atomic mass is 10.1. The Bertz CT molecular complexity index is 1190. The third-order valence-corrected chi connectivity index (χ3v) is 4.89. The summed E-state index contributed by atoms with van der Waals surface area (Å²) in [6.07, 6.45) is 1.54. The molecule has 0 saturated carbocycles. The van der Waals surface area contributed by atoms with E-state index in [0.717, 1.165) is 5.56 Å². The molecule has 8 heteroatoms. The Morgan fingerprint density at radius 2 is 1.78 bits per heavy atom. The minimum atomic E-state index is -0.407. The topological polar surface area (TPSA) is 77.9 Å². The highest BCUT2D eigenvalue weighted by atomic mass is 19.1. The van der Waals surface area contributed by atoms with E-state index in [1.165, 1.54) is 24.3 Å². The lowest BCUT2D eigenvalue weighted by Crippen LogP contribution is -2.30. The molecule has 0 aliphatic heterocycles. The Labute approximate surface area is 184 Å². The number of hydrogen-bond donors (Lipinski definition) is 0. The van der Waals surface area contributed by atoms with Gasteiger partial charge < -0.3 is 23.3 Å². The van der Waals surface area contributed by atoms with Gasteiger partial charge in [0.05, 0.1) is 33.6 Å². The third-order valence-electron chi connectivity index (χ3n) is 4.89. The molecule has 0 spiro atoms. The molecule has 2 aromatic heterocycles. The number of methoxy groups -OCH3 is 2. The lowest BCUT2D eigenvalue weighted by molar-refractivity contribution is 0.0713. The van der Waals surface area contributed by atoms with Gasteiger partial charge in [-0.15, -0.1) is 0 Å². The number of aromatic nitrogens is 1. The number of rotatable bonds is 8. The number of halogens is 1. The molecule has 0 N–H and O–H groups in total. The summed E-state index contributed by atoms with van der Waals surface area (Å²) in [5.41, 5.74) is 1.67. The Morgan fingerprint density at radius 1 is 1.00 bits per heavy atom. The fraction of sp³-hybridized carbons (Fsp3) is 0.167. The molecule has 164 valence electrons. The van der Waals surface area contributed by atoms with Crippen LogP contribution in [0, 0.1) is 5.82 Å². The summed E-state index contributed by atoms with van der Waals surface area (Å²) in [6, 6.07) is 16.1. The molecule has 4 rings (SSSR count). The first kappa shape index (κ1) is 21.2. The van der Waals surface area contributed by atoms with Gasteiger partial charge in [0.25, 0.3) is 5.91 Å². The largest absolute Gasteiger partial charge is 0.493 e. The summed E-state index contributed by atoms with van der Waals surface area (Å²) in [4.78, 5) is 14.6. The van der Waals surface area contributed by atoms with Crippen molar-refractivity contribution in [1.82, 2.24) is 10.1 Å². The Morgan fingerprint density at radius 3 is 2.47 bits per heavy atom. The number of amides is 1. The number of nitrogens with zero attached hydrogens (tertiary/aromatic N) is 2. The summed E-state index contributed by atoms with van der Waals surface area (Å²) >= 11 is 0. The highest BCUT2D eigenvalue weighted by Crippen LogP contribution is 2.32. The van der Waals surface area contributed by atoms with E-state index in [0.29, 0.717) is 34.3 Å². The van der Waals surface area contributed by atoms with Crippen LogP contribution in [0.4, 0.5) is 4.39 Å². The van der Waals surface area contributed by atoms with Gasteiger partial charge in [-0.25, -0.2) is 4.39 Å². The monoisotopic (exact) mass is 436 g/mol. The van der Waals surface area contributed by atoms with Crippen molar-refractivity contribution in [3.63, 3.8) is 0 Å². The first-order chi connectivity index (χ1) is 15.6. The molecule has 0 radical (unpaired) electrons. The summed E-state index contributed by atoms with van der Waals surface area (Å²) in [7, 11) is 3.12. The van der Waals surface area contributed by atoms with Crippen LogP contribution >= 0.6 is 0 Å². The van der Waals surface area contributed by atoms with Crippen LogP contribution in [0.25, 0.3) is 11.3 Å². The third kappa shape index (κ3) is 4.64. The minimum Gasteiger partial charge on any atom is -0.493 e. The molecule has 0 saturated heterocycles. The van der Waals surface area contributed by atoms with Crippen LogP contribution in [0.5, 0.6) is 11.5 Å². The summed E-state index contributed by atoms with van der Waals surface area (Å²) < 4.78 is 34.8. The molecule has 0 unspecified atom stereocenters. The summed E-state index contributed by atoms with van der Waals surface area (Å²) in [6.45, 7) is 0.398. The van der Waals surface area contributed by atoms with Crippen LogP contribution in [0.1, 0.15) is 21.8 Å². The van der Waals surface area contributed by atoms with Gasteiger partial charge in [0, 0.05) is 17.2 Å². The predicted molar refractivity (Wildman–Crippen MR) is 114 cm³/mol. The second-order valence-electron chi connectivity index (χ2n) is 7.00. The van der Waals surface area contributed by atoms with Gasteiger partial charge in [0.2, 0.25) is 0 Å². The number of furan rings is 1. The zero-order valence-electron chi connectivity index (χ0n) is 17.6. The Kier molecular flexibility index (Phi) is 6.21. The molecular weight excluding hydrogens is 415 g/mol. The molecule has 0 atom stereocenters. The van der Waals surface area contributed by atoms with Crippen molar-refractivity contribution in [3.05, 3.63) is 89.8 Å². The van der Waals surface area contributed by atoms with Crippen molar-refractivity contribution in [3.8, 4) is 22.8 Å². The van der Waals surface area contributed by atoms with Gasteiger partial charge in [0.1, 0.15) is 17.3 Å². The highest BCUT2D eigenvalue weighted by Gasteiger charge is 2.20. The number of hydrogen-bond acceptors (Lipinski definition) is 6. The fourth-order valence-corrected chi connectivity index (χ4v) is 3.27. The van der Waals surface area contributed by atoms with Gasteiger partial charge in [0.15, 0.2) is 17.3 Å². The van der Waals surface area contributed by atoms with Crippen LogP contribution in [0.3, 0.4) is 0 Å². The molecular formula is C24H21FN2O5. The maximum absolute atomic E-state index is 13.3. The highest BCUT2D eigenvalue weighted by molar-refractivity contribution is 5.94. The van der Waals surface area contributed by atoms with E-state index in [1.54, 1.807) is 55.7 Å². The molecule has 32 heavy (non-hydrogen) atoms. The Hall–Kier alpha value is -4.07. The Balaban J connectivity index is 1.58. The first-order valence-electron chi connectivity index (χ1n) is 9.82. The number of ether oxygens (including phenoxy) is 2. The molecule has 0 bridgehead atoms. The lowest BCUT2D eigenvalue weighted by Gasteiger charge is -2.20. The van der Waals surface area contributed by atoms with Crippen molar-refractivity contribution in [1.29, 1.82) is 0 Å². The molecule has 2 aromatic carbocycles. The van der Waals surface area contributed by atoms with Gasteiger partial charge in [-0.1, -0.05) is 5.16 Å². The smallest absolute Gasteiger partial charge is 0.254 e. The van der Waals surface area contributed by atoms with Gasteiger partial charge in [-0.2, -0.15) is 0 Å². The average Bonchev–Trinajstić information content (AvgIpc) is 3.50. The van der Waals surface area contributed by atoms with Crippen LogP contribution < -0.4 is 9.47 Å². The van der Waals surface area contributed by atoms with Crippen LogP contribution in [0.2, 0.25) is 0 Å². The summed E-state index contributed by atoms with van der Waals surface area (Å²) in [5.74, 6) is 1.61. The van der Waals surface area contributed by atoms with Crippen molar-refractivity contribution < 1.29 is 27.6 Å². The standard InChI is InChI=1S/C24H21FN2O5/c1-29-21-10-7-17(12-23(21)30-2)22-13-19(26-32-22)14-27(15-20-4-3-11-31-20)24(28)16-5-8-18(25)9-6-16/h3-13H,14-15H2,1-2H3. The van der Waals surface area contributed by atoms with Gasteiger partial charge in [-0.05, 0) is 54.6 Å². The first-order valence-corrected chi connectivity index (χ1v) is 9.82. The van der Waals surface area contributed by atoms with Crippen molar-refractivity contribution in [2.24, 2.45) is 0 Å². The second-order valence-corrected chi connectivity index (χ2v) is 7.00. The average molecular weight is 436 g/mol. The second kappa shape index (κ2) is 9.38. The molecule has 2 heterocycles.